The minimum atomic E-state index is -0.476. The lowest BCUT2D eigenvalue weighted by atomic mass is 10.1. The van der Waals surface area contributed by atoms with Gasteiger partial charge in [-0.3, -0.25) is 0 Å². The molecular formula is C12H14FNO2. The number of allylic oxidation sites excluding steroid dienone is 1. The zero-order chi connectivity index (χ0) is 12.1. The Balaban J connectivity index is 2.96. The van der Waals surface area contributed by atoms with Gasteiger partial charge in [-0.2, -0.15) is 0 Å². The van der Waals surface area contributed by atoms with Gasteiger partial charge in [0.15, 0.2) is 0 Å². The van der Waals surface area contributed by atoms with E-state index in [0.717, 1.165) is 0 Å². The monoisotopic (exact) mass is 223 g/mol. The first-order valence-electron chi connectivity index (χ1n) is 4.95. The van der Waals surface area contributed by atoms with Crippen LogP contribution in [0.3, 0.4) is 0 Å². The summed E-state index contributed by atoms with van der Waals surface area (Å²) in [7, 11) is 0. The van der Waals surface area contributed by atoms with E-state index in [1.807, 2.05) is 0 Å². The molecule has 0 fully saturated rings. The number of benzene rings is 1. The van der Waals surface area contributed by atoms with E-state index in [1.165, 1.54) is 18.2 Å². The summed E-state index contributed by atoms with van der Waals surface area (Å²) in [6, 6.07) is 4.34. The van der Waals surface area contributed by atoms with Crippen LogP contribution in [0, 0.1) is 5.82 Å². The molecule has 0 aliphatic heterocycles. The third-order valence-electron chi connectivity index (χ3n) is 2.04. The highest BCUT2D eigenvalue weighted by Crippen LogP contribution is 2.19. The highest BCUT2D eigenvalue weighted by Gasteiger charge is 2.06. The van der Waals surface area contributed by atoms with Gasteiger partial charge in [-0.15, -0.1) is 0 Å². The van der Waals surface area contributed by atoms with Crippen molar-refractivity contribution in [2.75, 3.05) is 12.3 Å². The number of esters is 1. The Labute approximate surface area is 93.7 Å². The van der Waals surface area contributed by atoms with Crippen molar-refractivity contribution in [2.24, 2.45) is 0 Å². The van der Waals surface area contributed by atoms with Gasteiger partial charge in [0.25, 0.3) is 0 Å². The van der Waals surface area contributed by atoms with Crippen molar-refractivity contribution in [1.82, 2.24) is 0 Å². The molecule has 16 heavy (non-hydrogen) atoms. The summed E-state index contributed by atoms with van der Waals surface area (Å²) in [5, 5.41) is 0. The maximum Gasteiger partial charge on any atom is 0.331 e. The molecule has 2 N–H and O–H groups in total. The van der Waals surface area contributed by atoms with Gasteiger partial charge in [0.2, 0.25) is 0 Å². The molecule has 0 unspecified atom stereocenters. The van der Waals surface area contributed by atoms with Crippen LogP contribution >= 0.6 is 0 Å². The highest BCUT2D eigenvalue weighted by atomic mass is 19.1. The van der Waals surface area contributed by atoms with Crippen molar-refractivity contribution >= 4 is 17.2 Å². The molecule has 0 saturated carbocycles. The van der Waals surface area contributed by atoms with Crippen LogP contribution in [-0.4, -0.2) is 12.6 Å². The van der Waals surface area contributed by atoms with Gasteiger partial charge in [0, 0.05) is 17.3 Å². The van der Waals surface area contributed by atoms with E-state index in [1.54, 1.807) is 19.9 Å². The molecule has 0 amide bonds. The molecule has 0 bridgehead atoms. The van der Waals surface area contributed by atoms with E-state index >= 15 is 0 Å². The van der Waals surface area contributed by atoms with Crippen LogP contribution in [0.2, 0.25) is 0 Å². The molecule has 0 heterocycles. The first kappa shape index (κ1) is 12.2. The van der Waals surface area contributed by atoms with Crippen molar-refractivity contribution in [1.29, 1.82) is 0 Å². The second kappa shape index (κ2) is 5.30. The minimum Gasteiger partial charge on any atom is -0.463 e. The number of nitrogens with two attached hydrogens (primary N) is 1. The van der Waals surface area contributed by atoms with Crippen molar-refractivity contribution in [3.8, 4) is 0 Å². The number of hydrogen-bond donors (Lipinski definition) is 1. The molecule has 4 heteroatoms. The summed E-state index contributed by atoms with van der Waals surface area (Å²) in [6.07, 6.45) is 1.26. The maximum atomic E-state index is 13.5. The summed E-state index contributed by atoms with van der Waals surface area (Å²) in [5.41, 5.74) is 6.64. The van der Waals surface area contributed by atoms with Gasteiger partial charge in [-0.1, -0.05) is 0 Å². The highest BCUT2D eigenvalue weighted by molar-refractivity contribution is 5.91. The molecule has 86 valence electrons. The van der Waals surface area contributed by atoms with Crippen molar-refractivity contribution < 1.29 is 13.9 Å². The van der Waals surface area contributed by atoms with Crippen molar-refractivity contribution in [3.05, 3.63) is 35.7 Å². The standard InChI is InChI=1S/C12H14FNO2/c1-3-16-12(15)6-8(2)10-5-4-9(14)7-11(10)13/h4-7H,3,14H2,1-2H3. The third kappa shape index (κ3) is 3.08. The van der Waals surface area contributed by atoms with Gasteiger partial charge in [-0.05, 0) is 37.6 Å². The fourth-order valence-electron chi connectivity index (χ4n) is 1.29. The van der Waals surface area contributed by atoms with Crippen LogP contribution in [0.15, 0.2) is 24.3 Å². The number of hydrogen-bond acceptors (Lipinski definition) is 3. The van der Waals surface area contributed by atoms with Crippen LogP contribution in [-0.2, 0) is 9.53 Å². The van der Waals surface area contributed by atoms with Crippen LogP contribution in [0.5, 0.6) is 0 Å². The first-order valence-corrected chi connectivity index (χ1v) is 4.95. The molecule has 0 atom stereocenters. The lowest BCUT2D eigenvalue weighted by Crippen LogP contribution is -2.01. The summed E-state index contributed by atoms with van der Waals surface area (Å²) < 4.78 is 18.2. The number of nitrogen functional groups attached to an aromatic ring is 1. The lowest BCUT2D eigenvalue weighted by molar-refractivity contribution is -0.137. The van der Waals surface area contributed by atoms with E-state index in [9.17, 15) is 9.18 Å². The Morgan fingerprint density at radius 3 is 2.81 bits per heavy atom. The first-order chi connectivity index (χ1) is 7.54. The normalized spacial score (nSPS) is 11.3. The predicted octanol–water partition coefficient (Wildman–Crippen LogP) is 2.37. The Kier molecular flexibility index (Phi) is 4.05. The van der Waals surface area contributed by atoms with Crippen LogP contribution in [0.25, 0.3) is 5.57 Å². The molecule has 1 rings (SSSR count). The second-order valence-corrected chi connectivity index (χ2v) is 3.32. The minimum absolute atomic E-state index is 0.298. The Bertz CT molecular complexity index is 427. The van der Waals surface area contributed by atoms with E-state index in [-0.39, 0.29) is 0 Å². The quantitative estimate of drug-likeness (QED) is 0.486. The average molecular weight is 223 g/mol. The van der Waals surface area contributed by atoms with Gasteiger partial charge in [0.1, 0.15) is 5.82 Å². The predicted molar refractivity (Wildman–Crippen MR) is 61.1 cm³/mol. The number of carbonyl (C=O) groups is 1. The zero-order valence-corrected chi connectivity index (χ0v) is 9.29. The number of rotatable bonds is 3. The fraction of sp³-hybridized carbons (Fsp3) is 0.250. The smallest absolute Gasteiger partial charge is 0.331 e. The average Bonchev–Trinajstić information content (AvgIpc) is 2.17. The topological polar surface area (TPSA) is 52.3 Å². The second-order valence-electron chi connectivity index (χ2n) is 3.32. The summed E-state index contributed by atoms with van der Waals surface area (Å²) in [6.45, 7) is 3.66. The van der Waals surface area contributed by atoms with Gasteiger partial charge in [0.05, 0.1) is 6.61 Å². The molecule has 1 aromatic rings. The Morgan fingerprint density at radius 2 is 2.25 bits per heavy atom. The van der Waals surface area contributed by atoms with Crippen LogP contribution in [0.4, 0.5) is 10.1 Å². The molecular weight excluding hydrogens is 209 g/mol. The molecule has 0 aliphatic rings. The molecule has 0 spiro atoms. The maximum absolute atomic E-state index is 13.5. The lowest BCUT2D eigenvalue weighted by Gasteiger charge is -2.04. The van der Waals surface area contributed by atoms with Crippen molar-refractivity contribution in [2.45, 2.75) is 13.8 Å². The Hall–Kier alpha value is -1.84. The number of halogens is 1. The van der Waals surface area contributed by atoms with Gasteiger partial charge < -0.3 is 10.5 Å². The van der Waals surface area contributed by atoms with Gasteiger partial charge >= 0.3 is 5.97 Å². The summed E-state index contributed by atoms with van der Waals surface area (Å²) in [5.74, 6) is -0.922. The van der Waals surface area contributed by atoms with Crippen LogP contribution < -0.4 is 5.73 Å². The number of anilines is 1. The van der Waals surface area contributed by atoms with E-state index in [0.29, 0.717) is 23.4 Å². The Morgan fingerprint density at radius 1 is 1.56 bits per heavy atom. The molecule has 1 aromatic carbocycles. The number of ether oxygens (including phenoxy) is 1. The third-order valence-corrected chi connectivity index (χ3v) is 2.04. The molecule has 0 aromatic heterocycles. The molecule has 0 aliphatic carbocycles. The van der Waals surface area contributed by atoms with Crippen LogP contribution in [0.1, 0.15) is 19.4 Å². The number of carbonyl (C=O) groups excluding carboxylic acids is 1. The molecule has 3 nitrogen and oxygen atoms in total. The molecule has 0 radical (unpaired) electrons. The van der Waals surface area contributed by atoms with E-state index < -0.39 is 11.8 Å². The summed E-state index contributed by atoms with van der Waals surface area (Å²) >= 11 is 0. The van der Waals surface area contributed by atoms with E-state index in [4.69, 9.17) is 10.5 Å². The largest absolute Gasteiger partial charge is 0.463 e. The fourth-order valence-corrected chi connectivity index (χ4v) is 1.29. The van der Waals surface area contributed by atoms with Crippen molar-refractivity contribution in [3.63, 3.8) is 0 Å². The summed E-state index contributed by atoms with van der Waals surface area (Å²) in [4.78, 5) is 11.2. The van der Waals surface area contributed by atoms with Gasteiger partial charge in [-0.25, -0.2) is 9.18 Å². The molecule has 0 saturated heterocycles. The van der Waals surface area contributed by atoms with E-state index in [2.05, 4.69) is 0 Å². The zero-order valence-electron chi connectivity index (χ0n) is 9.29. The SMILES string of the molecule is CCOC(=O)C=C(C)c1ccc(N)cc1F.